The van der Waals surface area contributed by atoms with Crippen molar-refractivity contribution >= 4 is 10.9 Å². The summed E-state index contributed by atoms with van der Waals surface area (Å²) in [6.45, 7) is 8.73. The van der Waals surface area contributed by atoms with Gasteiger partial charge in [-0.25, -0.2) is 4.68 Å². The van der Waals surface area contributed by atoms with Crippen LogP contribution in [0.4, 0.5) is 0 Å². The molecule has 2 heterocycles. The van der Waals surface area contributed by atoms with Crippen LogP contribution in [0.15, 0.2) is 53.3 Å². The van der Waals surface area contributed by atoms with Crippen LogP contribution in [-0.4, -0.2) is 50.4 Å². The standard InChI is InChI=1S/C28H36N6O2/c1-5-9-26(27-30-31-32-34(27)14-15-36-4)33(13-12-22-10-7-6-8-11-22)19-24-18-23-16-20(2)21(3)17-25(23)29-28(24)35/h6-8,10-11,16-18,26H,5,9,12-15,19H2,1-4H3,(H,29,35)/t26-/m1/s1. The highest BCUT2D eigenvalue weighted by Gasteiger charge is 2.26. The molecule has 0 aliphatic heterocycles. The maximum absolute atomic E-state index is 13.2. The first-order chi connectivity index (χ1) is 17.5. The molecule has 2 aromatic carbocycles. The highest BCUT2D eigenvalue weighted by molar-refractivity contribution is 5.80. The molecule has 0 spiro atoms. The Balaban J connectivity index is 1.70. The summed E-state index contributed by atoms with van der Waals surface area (Å²) in [5.41, 5.74) is 5.20. The van der Waals surface area contributed by atoms with Gasteiger partial charge in [0, 0.05) is 31.3 Å². The van der Waals surface area contributed by atoms with Gasteiger partial charge in [-0.1, -0.05) is 43.7 Å². The van der Waals surface area contributed by atoms with E-state index < -0.39 is 0 Å². The summed E-state index contributed by atoms with van der Waals surface area (Å²) in [6, 6.07) is 16.6. The Morgan fingerprint density at radius 1 is 1.11 bits per heavy atom. The number of tetrazole rings is 1. The fourth-order valence-corrected chi connectivity index (χ4v) is 4.66. The molecule has 0 amide bonds. The summed E-state index contributed by atoms with van der Waals surface area (Å²) >= 11 is 0. The molecule has 36 heavy (non-hydrogen) atoms. The summed E-state index contributed by atoms with van der Waals surface area (Å²) in [7, 11) is 1.68. The van der Waals surface area contributed by atoms with Gasteiger partial charge < -0.3 is 9.72 Å². The molecule has 0 saturated heterocycles. The molecular weight excluding hydrogens is 452 g/mol. The molecule has 4 aromatic rings. The lowest BCUT2D eigenvalue weighted by molar-refractivity contribution is 0.154. The fourth-order valence-electron chi connectivity index (χ4n) is 4.66. The van der Waals surface area contributed by atoms with Crippen LogP contribution in [0.5, 0.6) is 0 Å². The summed E-state index contributed by atoms with van der Waals surface area (Å²) in [5.74, 6) is 0.811. The van der Waals surface area contributed by atoms with E-state index in [0.29, 0.717) is 19.7 Å². The van der Waals surface area contributed by atoms with E-state index in [1.807, 2.05) is 22.9 Å². The predicted molar refractivity (Wildman–Crippen MR) is 142 cm³/mol. The number of rotatable bonds is 12. The smallest absolute Gasteiger partial charge is 0.252 e. The van der Waals surface area contributed by atoms with Crippen molar-refractivity contribution in [2.75, 3.05) is 20.3 Å². The SMILES string of the molecule is CCC[C@H](c1nnnn1CCOC)N(CCc1ccccc1)Cc1cc2cc(C)c(C)cc2[nH]c1=O. The number of aromatic amines is 1. The number of pyridine rings is 1. The molecule has 0 aliphatic rings. The molecule has 0 radical (unpaired) electrons. The summed E-state index contributed by atoms with van der Waals surface area (Å²) in [5, 5.41) is 13.7. The van der Waals surface area contributed by atoms with E-state index in [0.717, 1.165) is 48.1 Å². The fraction of sp³-hybridized carbons (Fsp3) is 0.429. The Bertz CT molecular complexity index is 1330. The van der Waals surface area contributed by atoms with Crippen molar-refractivity contribution in [1.82, 2.24) is 30.1 Å². The Labute approximate surface area is 212 Å². The van der Waals surface area contributed by atoms with Crippen molar-refractivity contribution in [3.63, 3.8) is 0 Å². The minimum absolute atomic E-state index is 0.0274. The lowest BCUT2D eigenvalue weighted by Crippen LogP contribution is -2.34. The van der Waals surface area contributed by atoms with Gasteiger partial charge in [-0.3, -0.25) is 9.69 Å². The molecule has 0 unspecified atom stereocenters. The number of hydrogen-bond donors (Lipinski definition) is 1. The van der Waals surface area contributed by atoms with Crippen LogP contribution in [0.3, 0.4) is 0 Å². The number of hydrogen-bond acceptors (Lipinski definition) is 6. The average Bonchev–Trinajstić information content (AvgIpc) is 3.34. The summed E-state index contributed by atoms with van der Waals surface area (Å²) in [4.78, 5) is 18.6. The van der Waals surface area contributed by atoms with E-state index in [4.69, 9.17) is 4.74 Å². The minimum Gasteiger partial charge on any atom is -0.383 e. The van der Waals surface area contributed by atoms with Gasteiger partial charge in [0.2, 0.25) is 0 Å². The van der Waals surface area contributed by atoms with E-state index in [1.54, 1.807) is 7.11 Å². The lowest BCUT2D eigenvalue weighted by Gasteiger charge is -2.31. The zero-order chi connectivity index (χ0) is 25.5. The van der Waals surface area contributed by atoms with Crippen molar-refractivity contribution in [3.05, 3.63) is 87.0 Å². The van der Waals surface area contributed by atoms with Gasteiger partial charge in [0.15, 0.2) is 5.82 Å². The van der Waals surface area contributed by atoms with E-state index in [2.05, 4.69) is 76.5 Å². The van der Waals surface area contributed by atoms with Gasteiger partial charge in [0.25, 0.3) is 5.56 Å². The van der Waals surface area contributed by atoms with Crippen molar-refractivity contribution in [1.29, 1.82) is 0 Å². The molecule has 0 bridgehead atoms. The maximum atomic E-state index is 13.2. The average molecular weight is 489 g/mol. The van der Waals surface area contributed by atoms with E-state index in [9.17, 15) is 4.79 Å². The third kappa shape index (κ3) is 6.06. The number of nitrogens with one attached hydrogen (secondary N) is 1. The van der Waals surface area contributed by atoms with E-state index >= 15 is 0 Å². The quantitative estimate of drug-likeness (QED) is 0.319. The van der Waals surface area contributed by atoms with Gasteiger partial charge in [0.1, 0.15) is 0 Å². The van der Waals surface area contributed by atoms with Gasteiger partial charge in [-0.15, -0.1) is 5.10 Å². The highest BCUT2D eigenvalue weighted by atomic mass is 16.5. The second-order valence-corrected chi connectivity index (χ2v) is 9.41. The third-order valence-electron chi connectivity index (χ3n) is 6.81. The number of benzene rings is 2. The Hall–Kier alpha value is -3.36. The van der Waals surface area contributed by atoms with Gasteiger partial charge in [0.05, 0.1) is 19.2 Å². The number of nitrogens with zero attached hydrogens (tertiary/aromatic N) is 5. The first-order valence-corrected chi connectivity index (χ1v) is 12.7. The number of H-pyrrole nitrogens is 1. The molecule has 4 rings (SSSR count). The van der Waals surface area contributed by atoms with Gasteiger partial charge in [-0.05, 0) is 77.4 Å². The van der Waals surface area contributed by atoms with Crippen molar-refractivity contribution in [2.24, 2.45) is 0 Å². The molecule has 0 saturated carbocycles. The number of ether oxygens (including phenoxy) is 1. The Morgan fingerprint density at radius 3 is 2.64 bits per heavy atom. The predicted octanol–water partition coefficient (Wildman–Crippen LogP) is 4.36. The first-order valence-electron chi connectivity index (χ1n) is 12.7. The van der Waals surface area contributed by atoms with Crippen molar-refractivity contribution in [2.45, 2.75) is 59.2 Å². The van der Waals surface area contributed by atoms with Crippen LogP contribution in [0.1, 0.15) is 53.9 Å². The second kappa shape index (κ2) is 12.1. The topological polar surface area (TPSA) is 88.9 Å². The minimum atomic E-state index is -0.0512. The lowest BCUT2D eigenvalue weighted by atomic mass is 10.0. The van der Waals surface area contributed by atoms with Crippen LogP contribution in [0.2, 0.25) is 0 Å². The highest BCUT2D eigenvalue weighted by Crippen LogP contribution is 2.27. The Morgan fingerprint density at radius 2 is 1.89 bits per heavy atom. The Kier molecular flexibility index (Phi) is 8.61. The zero-order valence-electron chi connectivity index (χ0n) is 21.7. The van der Waals surface area contributed by atoms with E-state index in [-0.39, 0.29) is 11.6 Å². The largest absolute Gasteiger partial charge is 0.383 e. The molecule has 8 nitrogen and oxygen atoms in total. The van der Waals surface area contributed by atoms with Crippen LogP contribution in [0, 0.1) is 13.8 Å². The molecule has 8 heteroatoms. The molecule has 0 fully saturated rings. The maximum Gasteiger partial charge on any atom is 0.252 e. The first kappa shape index (κ1) is 25.7. The molecule has 190 valence electrons. The molecular formula is C28H36N6O2. The number of methoxy groups -OCH3 is 1. The summed E-state index contributed by atoms with van der Waals surface area (Å²) in [6.07, 6.45) is 2.71. The monoisotopic (exact) mass is 488 g/mol. The second-order valence-electron chi connectivity index (χ2n) is 9.41. The molecule has 1 N–H and O–H groups in total. The third-order valence-corrected chi connectivity index (χ3v) is 6.81. The van der Waals surface area contributed by atoms with Crippen LogP contribution in [0.25, 0.3) is 10.9 Å². The van der Waals surface area contributed by atoms with Crippen molar-refractivity contribution in [3.8, 4) is 0 Å². The number of aryl methyl sites for hydroxylation is 2. The molecule has 1 atom stereocenters. The number of aromatic nitrogens is 5. The molecule has 2 aromatic heterocycles. The van der Waals surface area contributed by atoms with Gasteiger partial charge in [-0.2, -0.15) is 0 Å². The van der Waals surface area contributed by atoms with Crippen molar-refractivity contribution < 1.29 is 4.74 Å². The van der Waals surface area contributed by atoms with Crippen LogP contribution >= 0.6 is 0 Å². The number of fused-ring (bicyclic) bond motifs is 1. The zero-order valence-corrected chi connectivity index (χ0v) is 21.7. The van der Waals surface area contributed by atoms with Crippen LogP contribution < -0.4 is 5.56 Å². The normalized spacial score (nSPS) is 12.5. The van der Waals surface area contributed by atoms with Gasteiger partial charge >= 0.3 is 0 Å². The van der Waals surface area contributed by atoms with E-state index in [1.165, 1.54) is 16.7 Å². The molecule has 0 aliphatic carbocycles. The van der Waals surface area contributed by atoms with Crippen LogP contribution in [-0.2, 0) is 24.2 Å². The summed E-state index contributed by atoms with van der Waals surface area (Å²) < 4.78 is 7.10.